The van der Waals surface area contributed by atoms with Gasteiger partial charge in [-0.05, 0) is 18.9 Å². The molecule has 61 heavy (non-hydrogen) atoms. The van der Waals surface area contributed by atoms with Crippen LogP contribution in [-0.4, -0.2) is 86.4 Å². The Hall–Kier alpha value is -1.75. The van der Waals surface area contributed by atoms with Crippen molar-refractivity contribution in [2.45, 2.75) is 211 Å². The van der Waals surface area contributed by atoms with Crippen LogP contribution in [0.25, 0.3) is 0 Å². The highest BCUT2D eigenvalue weighted by Crippen LogP contribution is 2.60. The number of phosphoric ester groups is 2. The molecule has 1 fully saturated rings. The molecular weight excluding hydrogens is 832 g/mol. The zero-order chi connectivity index (χ0) is 44.8. The van der Waals surface area contributed by atoms with Gasteiger partial charge in [-0.2, -0.15) is 9.29 Å². The Balaban J connectivity index is 1.79. The first-order valence-corrected chi connectivity index (χ1v) is 26.1. The Bertz CT molecular complexity index is 1460. The molecule has 2 rings (SSSR count). The van der Waals surface area contributed by atoms with E-state index in [1.54, 1.807) is 0 Å². The summed E-state index contributed by atoms with van der Waals surface area (Å²) in [6, 6.07) is 1.26. The second-order valence-electron chi connectivity index (χ2n) is 16.3. The minimum absolute atomic E-state index is 0.0833. The number of phosphoric acid groups is 2. The lowest BCUT2D eigenvalue weighted by atomic mass is 10.0. The van der Waals surface area contributed by atoms with E-state index >= 15 is 0 Å². The van der Waals surface area contributed by atoms with Gasteiger partial charge in [0.2, 0.25) is 0 Å². The van der Waals surface area contributed by atoms with Gasteiger partial charge in [-0.25, -0.2) is 13.9 Å². The number of nitrogens with two attached hydrogens (primary N) is 1. The minimum atomic E-state index is -5.35. The van der Waals surface area contributed by atoms with Crippen LogP contribution in [0.15, 0.2) is 17.1 Å². The molecule has 1 aromatic heterocycles. The van der Waals surface area contributed by atoms with E-state index in [4.69, 9.17) is 29.0 Å². The molecule has 19 heteroatoms. The molecule has 0 radical (unpaired) electrons. The van der Waals surface area contributed by atoms with Crippen LogP contribution in [0.4, 0.5) is 5.82 Å². The van der Waals surface area contributed by atoms with E-state index in [9.17, 15) is 38.7 Å². The number of nitrogen functional groups attached to an aromatic ring is 1. The van der Waals surface area contributed by atoms with Gasteiger partial charge in [-0.3, -0.25) is 18.4 Å². The van der Waals surface area contributed by atoms with Crippen LogP contribution in [0.1, 0.15) is 187 Å². The average molecular weight is 912 g/mol. The fourth-order valence-corrected chi connectivity index (χ4v) is 9.26. The van der Waals surface area contributed by atoms with Crippen molar-refractivity contribution in [2.24, 2.45) is 0 Å². The van der Waals surface area contributed by atoms with E-state index in [0.717, 1.165) is 49.5 Å². The first-order chi connectivity index (χ1) is 29.3. The summed E-state index contributed by atoms with van der Waals surface area (Å²) in [5.41, 5.74) is 4.61. The maximum absolute atomic E-state index is 12.8. The van der Waals surface area contributed by atoms with Crippen LogP contribution >= 0.6 is 15.6 Å². The van der Waals surface area contributed by atoms with E-state index in [1.165, 1.54) is 121 Å². The summed E-state index contributed by atoms with van der Waals surface area (Å²) in [7, 11) is -10.6. The van der Waals surface area contributed by atoms with E-state index in [2.05, 4.69) is 23.1 Å². The van der Waals surface area contributed by atoms with E-state index in [1.807, 2.05) is 0 Å². The zero-order valence-electron chi connectivity index (χ0n) is 37.0. The number of carbonyl (C=O) groups excluding carboxylic acids is 1. The highest BCUT2D eigenvalue weighted by Gasteiger charge is 2.46. The molecule has 0 saturated carbocycles. The van der Waals surface area contributed by atoms with Crippen molar-refractivity contribution in [1.82, 2.24) is 9.55 Å². The second kappa shape index (κ2) is 32.8. The van der Waals surface area contributed by atoms with E-state index < -0.39 is 71.2 Å². The molecule has 2 heterocycles. The number of esters is 1. The zero-order valence-corrected chi connectivity index (χ0v) is 38.8. The summed E-state index contributed by atoms with van der Waals surface area (Å²) in [5, 5.41) is 20.9. The number of aromatic nitrogens is 2. The molecule has 1 saturated heterocycles. The molecule has 1 aliphatic heterocycles. The third-order valence-corrected chi connectivity index (χ3v) is 13.3. The van der Waals surface area contributed by atoms with Crippen molar-refractivity contribution in [3.63, 3.8) is 0 Å². The highest BCUT2D eigenvalue weighted by atomic mass is 31.3. The van der Waals surface area contributed by atoms with Gasteiger partial charge in [0.1, 0.15) is 30.2 Å². The first-order valence-electron chi connectivity index (χ1n) is 23.1. The van der Waals surface area contributed by atoms with Crippen molar-refractivity contribution in [1.29, 1.82) is 0 Å². The lowest BCUT2D eigenvalue weighted by molar-refractivity contribution is -0.154. The monoisotopic (exact) mass is 912 g/mol. The van der Waals surface area contributed by atoms with Gasteiger partial charge >= 0.3 is 27.3 Å². The molecule has 0 aromatic carbocycles. The molecule has 0 spiro atoms. The van der Waals surface area contributed by atoms with Gasteiger partial charge in [0.05, 0.1) is 19.8 Å². The normalized spacial score (nSPS) is 20.4. The van der Waals surface area contributed by atoms with Crippen molar-refractivity contribution in [3.05, 3.63) is 22.7 Å². The number of unbranched alkanes of at least 4 members (excludes halogenated alkanes) is 23. The Morgan fingerprint density at radius 2 is 1.21 bits per heavy atom. The summed E-state index contributed by atoms with van der Waals surface area (Å²) in [4.78, 5) is 49.1. The molecule has 1 aromatic rings. The fraction of sp³-hybridized carbons (Fsp3) is 0.881. The lowest BCUT2D eigenvalue weighted by Gasteiger charge is -2.21. The molecular formula is C42H79N3O14P2. The smallest absolute Gasteiger partial charge is 0.457 e. The van der Waals surface area contributed by atoms with Gasteiger partial charge < -0.3 is 39.9 Å². The van der Waals surface area contributed by atoms with Crippen LogP contribution in [-0.2, 0) is 41.5 Å². The lowest BCUT2D eigenvalue weighted by Crippen LogP contribution is -2.36. The van der Waals surface area contributed by atoms with Gasteiger partial charge in [-0.15, -0.1) is 0 Å². The molecule has 0 amide bonds. The number of hydrogen-bond donors (Lipinski definition) is 5. The van der Waals surface area contributed by atoms with Crippen LogP contribution in [0.3, 0.4) is 0 Å². The Morgan fingerprint density at radius 3 is 1.72 bits per heavy atom. The van der Waals surface area contributed by atoms with Crippen LogP contribution in [0.5, 0.6) is 0 Å². The SMILES string of the molecule is CCCCCCCCCCCCCCCC(=O)OC(COCCCCCCCCCCCCCC)COP(=O)(O)OP(=O)(O)OC[C@H]1O[C@@H](n2ccc(N)nc2=O)[C@@H](O)[C@@H]1O. The Kier molecular flexibility index (Phi) is 29.8. The fourth-order valence-electron chi connectivity index (χ4n) is 7.15. The van der Waals surface area contributed by atoms with E-state index in [-0.39, 0.29) is 18.8 Å². The summed E-state index contributed by atoms with van der Waals surface area (Å²) >= 11 is 0. The third kappa shape index (κ3) is 26.0. The predicted octanol–water partition coefficient (Wildman–Crippen LogP) is 8.81. The molecule has 0 aliphatic carbocycles. The van der Waals surface area contributed by atoms with Gasteiger partial charge in [-0.1, -0.05) is 162 Å². The van der Waals surface area contributed by atoms with Crippen molar-refractivity contribution >= 4 is 27.4 Å². The summed E-state index contributed by atoms with van der Waals surface area (Å²) < 4.78 is 57.3. The number of nitrogens with zero attached hydrogens (tertiary/aromatic N) is 2. The summed E-state index contributed by atoms with van der Waals surface area (Å²) in [6.07, 6.45) is 23.3. The summed E-state index contributed by atoms with van der Waals surface area (Å²) in [6.45, 7) is 3.12. The second-order valence-corrected chi connectivity index (χ2v) is 19.3. The standard InChI is InChI=1S/C42H79N3O14P2/c1-3-5-7-9-11-13-15-17-18-20-22-24-26-28-38(46)57-35(32-54-31-27-25-23-21-19-16-14-12-10-8-6-4-2)33-55-60(50,51)59-61(52,53)56-34-36-39(47)40(48)41(58-36)45-30-29-37(43)44-42(45)49/h29-30,35-36,39-41,47-48H,3-28,31-34H2,1-2H3,(H,50,51)(H,52,53)(H2,43,44,49)/t35?,36-,39-,40+,41-/m1/s1. The maximum Gasteiger partial charge on any atom is 0.481 e. The van der Waals surface area contributed by atoms with Gasteiger partial charge in [0.25, 0.3) is 0 Å². The number of aliphatic hydroxyl groups excluding tert-OH is 2. The maximum atomic E-state index is 12.8. The molecule has 1 aliphatic rings. The van der Waals surface area contributed by atoms with Gasteiger partial charge in [0.15, 0.2) is 6.23 Å². The van der Waals surface area contributed by atoms with Crippen molar-refractivity contribution in [2.75, 3.05) is 32.2 Å². The minimum Gasteiger partial charge on any atom is -0.457 e. The molecule has 0 bridgehead atoms. The van der Waals surface area contributed by atoms with Gasteiger partial charge in [0, 0.05) is 19.2 Å². The highest BCUT2D eigenvalue weighted by molar-refractivity contribution is 7.61. The number of hydrogen-bond acceptors (Lipinski definition) is 14. The number of anilines is 1. The largest absolute Gasteiger partial charge is 0.481 e. The molecule has 17 nitrogen and oxygen atoms in total. The number of ether oxygens (including phenoxy) is 3. The topological polar surface area (TPSA) is 248 Å². The first kappa shape index (κ1) is 55.4. The molecule has 356 valence electrons. The quantitative estimate of drug-likeness (QED) is 0.0235. The molecule has 7 atom stereocenters. The average Bonchev–Trinajstić information content (AvgIpc) is 3.49. The molecule has 3 unspecified atom stereocenters. The van der Waals surface area contributed by atoms with Crippen molar-refractivity contribution in [3.8, 4) is 0 Å². The van der Waals surface area contributed by atoms with Crippen LogP contribution in [0, 0.1) is 0 Å². The van der Waals surface area contributed by atoms with Crippen LogP contribution in [0.2, 0.25) is 0 Å². The number of rotatable bonds is 39. The Morgan fingerprint density at radius 1 is 0.738 bits per heavy atom. The van der Waals surface area contributed by atoms with Crippen molar-refractivity contribution < 1.29 is 61.5 Å². The van der Waals surface area contributed by atoms with E-state index in [0.29, 0.717) is 13.0 Å². The predicted molar refractivity (Wildman–Crippen MR) is 234 cm³/mol. The Labute approximate surface area is 364 Å². The van der Waals surface area contributed by atoms with Crippen LogP contribution < -0.4 is 11.4 Å². The number of aliphatic hydroxyl groups is 2. The number of carbonyl (C=O) groups is 1. The molecule has 6 N–H and O–H groups in total. The third-order valence-electron chi connectivity index (χ3n) is 10.7. The summed E-state index contributed by atoms with van der Waals surface area (Å²) in [5.74, 6) is -0.608.